The molecule has 1 unspecified atom stereocenters. The van der Waals surface area contributed by atoms with E-state index in [9.17, 15) is 5.11 Å². The van der Waals surface area contributed by atoms with Gasteiger partial charge in [-0.15, -0.1) is 0 Å². The molecule has 1 N–H and O–H groups in total. The molecule has 0 radical (unpaired) electrons. The fraction of sp³-hybridized carbons (Fsp3) is 0.455. The third-order valence-corrected chi connectivity index (χ3v) is 3.21. The average Bonchev–Trinajstić information content (AvgIpc) is 2.84. The molecule has 0 aliphatic carbocycles. The molecule has 6 heteroatoms. The van der Waals surface area contributed by atoms with Gasteiger partial charge in [-0.25, -0.2) is 4.98 Å². The van der Waals surface area contributed by atoms with Gasteiger partial charge in [0, 0.05) is 26.0 Å². The molecule has 92 valence electrons. The van der Waals surface area contributed by atoms with Crippen molar-refractivity contribution in [3.8, 4) is 0 Å². The molecule has 0 aliphatic heterocycles. The second-order valence-corrected chi connectivity index (χ2v) is 4.39. The maximum absolute atomic E-state index is 10.0. The molecule has 0 aromatic carbocycles. The van der Waals surface area contributed by atoms with Gasteiger partial charge < -0.3 is 9.67 Å². The predicted molar refractivity (Wildman–Crippen MR) is 64.7 cm³/mol. The Morgan fingerprint density at radius 1 is 1.47 bits per heavy atom. The second-order valence-electron chi connectivity index (χ2n) is 4.00. The van der Waals surface area contributed by atoms with Crippen LogP contribution in [-0.2, 0) is 20.5 Å². The van der Waals surface area contributed by atoms with Crippen LogP contribution in [0, 0.1) is 0 Å². The molecule has 0 spiro atoms. The molecule has 0 amide bonds. The summed E-state index contributed by atoms with van der Waals surface area (Å²) < 4.78 is 3.49. The summed E-state index contributed by atoms with van der Waals surface area (Å²) in [5.41, 5.74) is 1.09. The van der Waals surface area contributed by atoms with Crippen LogP contribution >= 0.6 is 11.6 Å². The first-order valence-electron chi connectivity index (χ1n) is 5.41. The lowest BCUT2D eigenvalue weighted by Crippen LogP contribution is -2.08. The van der Waals surface area contributed by atoms with E-state index in [0.717, 1.165) is 12.1 Å². The highest BCUT2D eigenvalue weighted by molar-refractivity contribution is 6.29. The van der Waals surface area contributed by atoms with E-state index in [1.165, 1.54) is 0 Å². The first-order chi connectivity index (χ1) is 8.09. The Kier molecular flexibility index (Phi) is 3.49. The molecule has 0 fully saturated rings. The molecule has 0 bridgehead atoms. The van der Waals surface area contributed by atoms with Crippen LogP contribution in [0.15, 0.2) is 18.5 Å². The van der Waals surface area contributed by atoms with Crippen molar-refractivity contribution in [3.63, 3.8) is 0 Å². The Bertz CT molecular complexity index is 505. The number of imidazole rings is 1. The van der Waals surface area contributed by atoms with E-state index in [1.54, 1.807) is 28.7 Å². The lowest BCUT2D eigenvalue weighted by Gasteiger charge is -2.10. The van der Waals surface area contributed by atoms with Crippen molar-refractivity contribution in [2.45, 2.75) is 18.9 Å². The summed E-state index contributed by atoms with van der Waals surface area (Å²) in [7, 11) is 3.68. The Morgan fingerprint density at radius 2 is 2.24 bits per heavy atom. The summed E-state index contributed by atoms with van der Waals surface area (Å²) in [5.74, 6) is 0.595. The van der Waals surface area contributed by atoms with Crippen LogP contribution < -0.4 is 0 Å². The van der Waals surface area contributed by atoms with Gasteiger partial charge in [-0.1, -0.05) is 11.6 Å². The molecule has 2 heterocycles. The van der Waals surface area contributed by atoms with E-state index in [-0.39, 0.29) is 0 Å². The molecule has 17 heavy (non-hydrogen) atoms. The quantitative estimate of drug-likeness (QED) is 0.899. The minimum Gasteiger partial charge on any atom is -0.385 e. The normalized spacial score (nSPS) is 12.9. The van der Waals surface area contributed by atoms with Crippen molar-refractivity contribution in [1.82, 2.24) is 19.3 Å². The number of aliphatic hydroxyl groups is 1. The van der Waals surface area contributed by atoms with Gasteiger partial charge in [-0.05, 0) is 18.9 Å². The SMILES string of the molecule is Cn1nccc1CCC(O)c1ncc(Cl)n1C. The number of halogens is 1. The van der Waals surface area contributed by atoms with E-state index >= 15 is 0 Å². The topological polar surface area (TPSA) is 55.9 Å². The van der Waals surface area contributed by atoms with Crippen molar-refractivity contribution in [1.29, 1.82) is 0 Å². The highest BCUT2D eigenvalue weighted by Crippen LogP contribution is 2.20. The largest absolute Gasteiger partial charge is 0.385 e. The minimum atomic E-state index is -0.609. The Hall–Kier alpha value is -1.33. The van der Waals surface area contributed by atoms with E-state index in [4.69, 9.17) is 11.6 Å². The summed E-state index contributed by atoms with van der Waals surface area (Å²) >= 11 is 5.87. The van der Waals surface area contributed by atoms with Gasteiger partial charge in [0.1, 0.15) is 17.1 Å². The van der Waals surface area contributed by atoms with Crippen LogP contribution in [-0.4, -0.2) is 24.4 Å². The summed E-state index contributed by atoms with van der Waals surface area (Å²) in [6, 6.07) is 1.94. The smallest absolute Gasteiger partial charge is 0.138 e. The third-order valence-electron chi connectivity index (χ3n) is 2.86. The molecule has 1 atom stereocenters. The summed E-state index contributed by atoms with van der Waals surface area (Å²) in [6.45, 7) is 0. The number of hydrogen-bond acceptors (Lipinski definition) is 3. The van der Waals surface area contributed by atoms with Crippen LogP contribution in [0.4, 0.5) is 0 Å². The number of rotatable bonds is 4. The second kappa shape index (κ2) is 4.89. The Balaban J connectivity index is 2.00. The van der Waals surface area contributed by atoms with Crippen LogP contribution in [0.5, 0.6) is 0 Å². The van der Waals surface area contributed by atoms with Gasteiger partial charge in [-0.3, -0.25) is 4.68 Å². The fourth-order valence-corrected chi connectivity index (χ4v) is 1.91. The molecule has 5 nitrogen and oxygen atoms in total. The van der Waals surface area contributed by atoms with Crippen LogP contribution in [0.1, 0.15) is 24.0 Å². The predicted octanol–water partition coefficient (Wildman–Crippen LogP) is 1.47. The number of nitrogens with zero attached hydrogens (tertiary/aromatic N) is 4. The van der Waals surface area contributed by atoms with Crippen molar-refractivity contribution < 1.29 is 5.11 Å². The average molecular weight is 255 g/mol. The van der Waals surface area contributed by atoms with Crippen LogP contribution in [0.2, 0.25) is 5.15 Å². The van der Waals surface area contributed by atoms with Crippen LogP contribution in [0.3, 0.4) is 0 Å². The van der Waals surface area contributed by atoms with E-state index in [2.05, 4.69) is 10.1 Å². The zero-order valence-corrected chi connectivity index (χ0v) is 10.6. The van der Waals surface area contributed by atoms with Crippen LogP contribution in [0.25, 0.3) is 0 Å². The summed E-state index contributed by atoms with van der Waals surface area (Å²) in [6.07, 6.45) is 4.04. The zero-order chi connectivity index (χ0) is 12.4. The standard InChI is InChI=1S/C11H15ClN4O/c1-15-10(12)7-13-11(15)9(17)4-3-8-5-6-14-16(8)2/h5-7,9,17H,3-4H2,1-2H3. The molecule has 2 rings (SSSR count). The Morgan fingerprint density at radius 3 is 2.76 bits per heavy atom. The third kappa shape index (κ3) is 2.50. The molecular formula is C11H15ClN4O. The summed E-state index contributed by atoms with van der Waals surface area (Å²) in [5, 5.41) is 14.6. The molecule has 0 saturated heterocycles. The van der Waals surface area contributed by atoms with E-state index in [1.807, 2.05) is 13.1 Å². The maximum Gasteiger partial charge on any atom is 0.138 e. The first kappa shape index (κ1) is 12.1. The van der Waals surface area contributed by atoms with Gasteiger partial charge in [0.15, 0.2) is 0 Å². The molecule has 2 aromatic heterocycles. The Labute approximate surface area is 105 Å². The molecule has 0 aliphatic rings. The number of aromatic nitrogens is 4. The van der Waals surface area contributed by atoms with Gasteiger partial charge in [0.2, 0.25) is 0 Å². The molecular weight excluding hydrogens is 240 g/mol. The maximum atomic E-state index is 10.0. The molecule has 2 aromatic rings. The highest BCUT2D eigenvalue weighted by Gasteiger charge is 2.15. The monoisotopic (exact) mass is 254 g/mol. The number of aliphatic hydroxyl groups excluding tert-OH is 1. The lowest BCUT2D eigenvalue weighted by molar-refractivity contribution is 0.154. The number of hydrogen-bond donors (Lipinski definition) is 1. The highest BCUT2D eigenvalue weighted by atomic mass is 35.5. The van der Waals surface area contributed by atoms with Gasteiger partial charge in [0.25, 0.3) is 0 Å². The van der Waals surface area contributed by atoms with Gasteiger partial charge in [0.05, 0.1) is 6.20 Å². The van der Waals surface area contributed by atoms with Crippen molar-refractivity contribution >= 4 is 11.6 Å². The van der Waals surface area contributed by atoms with Gasteiger partial charge in [-0.2, -0.15) is 5.10 Å². The minimum absolute atomic E-state index is 0.527. The van der Waals surface area contributed by atoms with Gasteiger partial charge >= 0.3 is 0 Å². The van der Waals surface area contributed by atoms with Crippen molar-refractivity contribution in [2.75, 3.05) is 0 Å². The van der Waals surface area contributed by atoms with E-state index in [0.29, 0.717) is 17.4 Å². The first-order valence-corrected chi connectivity index (χ1v) is 5.79. The van der Waals surface area contributed by atoms with Crippen molar-refractivity contribution in [3.05, 3.63) is 35.1 Å². The lowest BCUT2D eigenvalue weighted by atomic mass is 10.1. The van der Waals surface area contributed by atoms with Crippen molar-refractivity contribution in [2.24, 2.45) is 14.1 Å². The van der Waals surface area contributed by atoms with E-state index < -0.39 is 6.10 Å². The summed E-state index contributed by atoms with van der Waals surface area (Å²) in [4.78, 5) is 4.10. The zero-order valence-electron chi connectivity index (χ0n) is 9.84. The molecule has 0 saturated carbocycles. The fourth-order valence-electron chi connectivity index (χ4n) is 1.77. The number of aryl methyl sites for hydroxylation is 2.